The third kappa shape index (κ3) is 1.91. The first kappa shape index (κ1) is 9.94. The summed E-state index contributed by atoms with van der Waals surface area (Å²) in [6.45, 7) is 3.65. The first-order valence-electron chi connectivity index (χ1n) is 5.21. The minimum atomic E-state index is -0.330. The van der Waals surface area contributed by atoms with Crippen LogP contribution in [0.2, 0.25) is 0 Å². The summed E-state index contributed by atoms with van der Waals surface area (Å²) in [6.07, 6.45) is 7.14. The van der Waals surface area contributed by atoms with Gasteiger partial charge >= 0.3 is 0 Å². The van der Waals surface area contributed by atoms with Crippen molar-refractivity contribution in [2.75, 3.05) is 0 Å². The van der Waals surface area contributed by atoms with Crippen molar-refractivity contribution in [1.29, 1.82) is 0 Å². The largest absolute Gasteiger partial charge is 0.387 e. The molecule has 1 aliphatic rings. The minimum Gasteiger partial charge on any atom is -0.387 e. The first-order valence-corrected chi connectivity index (χ1v) is 6.03. The van der Waals surface area contributed by atoms with Gasteiger partial charge in [0.15, 0.2) is 0 Å². The van der Waals surface area contributed by atoms with E-state index >= 15 is 0 Å². The molecule has 1 atom stereocenters. The van der Waals surface area contributed by atoms with Crippen molar-refractivity contribution in [2.45, 2.75) is 38.2 Å². The van der Waals surface area contributed by atoms with Gasteiger partial charge in [-0.1, -0.05) is 6.08 Å². The molecule has 1 nitrogen and oxygen atoms in total. The zero-order valence-electron chi connectivity index (χ0n) is 8.33. The van der Waals surface area contributed by atoms with Crippen LogP contribution in [0, 0.1) is 0 Å². The summed E-state index contributed by atoms with van der Waals surface area (Å²) in [5, 5.41) is 9.81. The highest BCUT2D eigenvalue weighted by Gasteiger charge is 2.16. The average molecular weight is 208 g/mol. The Morgan fingerprint density at radius 2 is 2.29 bits per heavy atom. The second-order valence-corrected chi connectivity index (χ2v) is 5.01. The van der Waals surface area contributed by atoms with Crippen LogP contribution in [0.4, 0.5) is 0 Å². The first-order chi connectivity index (χ1) is 6.81. The van der Waals surface area contributed by atoms with E-state index in [2.05, 4.69) is 12.6 Å². The number of rotatable bonds is 3. The van der Waals surface area contributed by atoms with E-state index in [0.29, 0.717) is 6.42 Å². The van der Waals surface area contributed by atoms with E-state index in [4.69, 9.17) is 0 Å². The van der Waals surface area contributed by atoms with Crippen LogP contribution in [-0.4, -0.2) is 5.11 Å². The van der Waals surface area contributed by atoms with E-state index in [1.54, 1.807) is 17.4 Å². The number of fused-ring (bicyclic) bond motifs is 1. The molecule has 2 rings (SSSR count). The van der Waals surface area contributed by atoms with Gasteiger partial charge in [0.1, 0.15) is 0 Å². The summed E-state index contributed by atoms with van der Waals surface area (Å²) >= 11 is 1.79. The van der Waals surface area contributed by atoms with Crippen molar-refractivity contribution in [3.8, 4) is 0 Å². The molecule has 0 spiro atoms. The topological polar surface area (TPSA) is 20.2 Å². The molecule has 0 aliphatic heterocycles. The van der Waals surface area contributed by atoms with Crippen molar-refractivity contribution in [1.82, 2.24) is 0 Å². The number of aryl methyl sites for hydroxylation is 2. The lowest BCUT2D eigenvalue weighted by Gasteiger charge is -2.08. The molecular weight excluding hydrogens is 192 g/mol. The van der Waals surface area contributed by atoms with Gasteiger partial charge in [0.2, 0.25) is 0 Å². The zero-order valence-corrected chi connectivity index (χ0v) is 9.15. The van der Waals surface area contributed by atoms with E-state index in [-0.39, 0.29) is 6.10 Å². The Labute approximate surface area is 89.1 Å². The SMILES string of the molecule is C=CCC(O)c1cc2c(s1)CCCC2. The highest BCUT2D eigenvalue weighted by Crippen LogP contribution is 2.33. The van der Waals surface area contributed by atoms with Gasteiger partial charge in [-0.2, -0.15) is 0 Å². The quantitative estimate of drug-likeness (QED) is 0.756. The lowest BCUT2D eigenvalue weighted by Crippen LogP contribution is -1.96. The van der Waals surface area contributed by atoms with Gasteiger partial charge in [0.05, 0.1) is 6.10 Å². The van der Waals surface area contributed by atoms with Crippen LogP contribution in [0.25, 0.3) is 0 Å². The van der Waals surface area contributed by atoms with Crippen LogP contribution in [0.15, 0.2) is 18.7 Å². The Hall–Kier alpha value is -0.600. The number of thiophene rings is 1. The molecule has 0 saturated heterocycles. The molecule has 0 aromatic carbocycles. The van der Waals surface area contributed by atoms with Crippen LogP contribution in [-0.2, 0) is 12.8 Å². The van der Waals surface area contributed by atoms with Gasteiger partial charge < -0.3 is 5.11 Å². The summed E-state index contributed by atoms with van der Waals surface area (Å²) in [5.74, 6) is 0. The normalized spacial score (nSPS) is 17.5. The van der Waals surface area contributed by atoms with Gasteiger partial charge in [-0.25, -0.2) is 0 Å². The van der Waals surface area contributed by atoms with E-state index in [0.717, 1.165) is 4.88 Å². The van der Waals surface area contributed by atoms with Gasteiger partial charge in [-0.05, 0) is 43.7 Å². The summed E-state index contributed by atoms with van der Waals surface area (Å²) in [5.41, 5.74) is 1.47. The van der Waals surface area contributed by atoms with Crippen molar-refractivity contribution in [3.63, 3.8) is 0 Å². The molecule has 1 heterocycles. The smallest absolute Gasteiger partial charge is 0.0916 e. The molecule has 2 heteroatoms. The van der Waals surface area contributed by atoms with E-state index in [1.165, 1.54) is 36.1 Å². The maximum atomic E-state index is 9.81. The Kier molecular flexibility index (Phi) is 3.04. The highest BCUT2D eigenvalue weighted by atomic mass is 32.1. The highest BCUT2D eigenvalue weighted by molar-refractivity contribution is 7.12. The predicted octanol–water partition coefficient (Wildman–Crippen LogP) is 3.24. The van der Waals surface area contributed by atoms with Crippen LogP contribution < -0.4 is 0 Å². The van der Waals surface area contributed by atoms with Crippen LogP contribution in [0.3, 0.4) is 0 Å². The summed E-state index contributed by atoms with van der Waals surface area (Å²) < 4.78 is 0. The maximum absolute atomic E-state index is 9.81. The van der Waals surface area contributed by atoms with Gasteiger partial charge in [-0.3, -0.25) is 0 Å². The van der Waals surface area contributed by atoms with E-state index in [9.17, 15) is 5.11 Å². The van der Waals surface area contributed by atoms with Gasteiger partial charge in [-0.15, -0.1) is 17.9 Å². The summed E-state index contributed by atoms with van der Waals surface area (Å²) in [4.78, 5) is 2.62. The maximum Gasteiger partial charge on any atom is 0.0916 e. The fourth-order valence-electron chi connectivity index (χ4n) is 1.95. The van der Waals surface area contributed by atoms with Crippen molar-refractivity contribution < 1.29 is 5.11 Å². The Bertz CT molecular complexity index is 304. The predicted molar refractivity (Wildman–Crippen MR) is 60.7 cm³/mol. The standard InChI is InChI=1S/C12H16OS/c1-2-5-10(13)12-8-9-6-3-4-7-11(9)14-12/h2,8,10,13H,1,3-7H2. The molecule has 1 unspecified atom stereocenters. The van der Waals surface area contributed by atoms with Crippen molar-refractivity contribution in [2.24, 2.45) is 0 Å². The van der Waals surface area contributed by atoms with Crippen LogP contribution in [0.1, 0.15) is 40.7 Å². The molecule has 0 amide bonds. The van der Waals surface area contributed by atoms with Crippen LogP contribution >= 0.6 is 11.3 Å². The zero-order chi connectivity index (χ0) is 9.97. The summed E-state index contributed by atoms with van der Waals surface area (Å²) in [7, 11) is 0. The van der Waals surface area contributed by atoms with Crippen molar-refractivity contribution in [3.05, 3.63) is 34.0 Å². The molecule has 1 N–H and O–H groups in total. The number of hydrogen-bond acceptors (Lipinski definition) is 2. The molecule has 0 fully saturated rings. The number of hydrogen-bond donors (Lipinski definition) is 1. The lowest BCUT2D eigenvalue weighted by atomic mass is 9.99. The third-order valence-corrected chi connectivity index (χ3v) is 4.07. The monoisotopic (exact) mass is 208 g/mol. The fraction of sp³-hybridized carbons (Fsp3) is 0.500. The van der Waals surface area contributed by atoms with Crippen LogP contribution in [0.5, 0.6) is 0 Å². The summed E-state index contributed by atoms with van der Waals surface area (Å²) in [6, 6.07) is 2.19. The Morgan fingerprint density at radius 1 is 1.50 bits per heavy atom. The molecule has 0 bridgehead atoms. The fourth-order valence-corrected chi connectivity index (χ4v) is 3.21. The van der Waals surface area contributed by atoms with Crippen molar-refractivity contribution >= 4 is 11.3 Å². The molecule has 1 aromatic heterocycles. The van der Waals surface area contributed by atoms with Gasteiger partial charge in [0, 0.05) is 9.75 Å². The third-order valence-electron chi connectivity index (χ3n) is 2.73. The van der Waals surface area contributed by atoms with E-state index < -0.39 is 0 Å². The molecule has 76 valence electrons. The minimum absolute atomic E-state index is 0.330. The second-order valence-electron chi connectivity index (χ2n) is 3.84. The lowest BCUT2D eigenvalue weighted by molar-refractivity contribution is 0.185. The Balaban J connectivity index is 2.19. The second kappa shape index (κ2) is 4.28. The van der Waals surface area contributed by atoms with E-state index in [1.807, 2.05) is 0 Å². The van der Waals surface area contributed by atoms with Gasteiger partial charge in [0.25, 0.3) is 0 Å². The molecule has 0 saturated carbocycles. The molecule has 1 aromatic rings. The Morgan fingerprint density at radius 3 is 3.00 bits per heavy atom. The average Bonchev–Trinajstić information content (AvgIpc) is 2.61. The number of aliphatic hydroxyl groups is 1. The molecule has 1 aliphatic carbocycles. The number of aliphatic hydroxyl groups excluding tert-OH is 1. The molecular formula is C12H16OS. The molecule has 14 heavy (non-hydrogen) atoms. The molecule has 0 radical (unpaired) electrons.